The second-order valence-corrected chi connectivity index (χ2v) is 9.26. The minimum absolute atomic E-state index is 0.0197. The van der Waals surface area contributed by atoms with E-state index in [0.29, 0.717) is 11.2 Å². The quantitative estimate of drug-likeness (QED) is 0.615. The molecule has 29 heavy (non-hydrogen) atoms. The summed E-state index contributed by atoms with van der Waals surface area (Å²) < 4.78 is 40.8. The van der Waals surface area contributed by atoms with Crippen LogP contribution in [-0.4, -0.2) is 63.3 Å². The third kappa shape index (κ3) is 4.68. The molecule has 0 aromatic carbocycles. The zero-order valence-electron chi connectivity index (χ0n) is 16.9. The predicted octanol–water partition coefficient (Wildman–Crippen LogP) is 1.65. The van der Waals surface area contributed by atoms with Gasteiger partial charge in [-0.05, 0) is 20.8 Å². The van der Waals surface area contributed by atoms with E-state index in [-0.39, 0.29) is 24.9 Å². The van der Waals surface area contributed by atoms with Crippen LogP contribution in [0.5, 0.6) is 5.88 Å². The second kappa shape index (κ2) is 8.13. The Hall–Kier alpha value is -1.82. The molecule has 1 aliphatic rings. The number of anilines is 1. The highest BCUT2D eigenvalue weighted by atomic mass is 31.2. The van der Waals surface area contributed by atoms with Crippen molar-refractivity contribution in [3.8, 4) is 5.88 Å². The van der Waals surface area contributed by atoms with E-state index in [4.69, 9.17) is 28.8 Å². The Labute approximate surface area is 167 Å². The highest BCUT2D eigenvalue weighted by Gasteiger charge is 2.42. The molecule has 0 spiro atoms. The minimum atomic E-state index is -3.75. The number of aliphatic hydroxyl groups excluding tert-OH is 1. The van der Waals surface area contributed by atoms with Gasteiger partial charge in [0.05, 0.1) is 12.9 Å². The summed E-state index contributed by atoms with van der Waals surface area (Å²) in [7, 11) is -1.33. The molecule has 12 nitrogen and oxygen atoms in total. The number of hydrogen-bond donors (Lipinski definition) is 2. The fourth-order valence-electron chi connectivity index (χ4n) is 2.95. The summed E-state index contributed by atoms with van der Waals surface area (Å²) in [5.74, 6) is 0.276. The van der Waals surface area contributed by atoms with Crippen molar-refractivity contribution in [2.45, 2.75) is 51.2 Å². The lowest BCUT2D eigenvalue weighted by Gasteiger charge is -2.20. The van der Waals surface area contributed by atoms with Gasteiger partial charge in [-0.1, -0.05) is 0 Å². The third-order valence-electron chi connectivity index (χ3n) is 4.19. The van der Waals surface area contributed by atoms with Crippen LogP contribution in [0.2, 0.25) is 0 Å². The van der Waals surface area contributed by atoms with Gasteiger partial charge in [-0.2, -0.15) is 9.97 Å². The molecule has 0 radical (unpaired) electrons. The number of aliphatic hydroxyl groups is 1. The zero-order chi connectivity index (χ0) is 21.4. The summed E-state index contributed by atoms with van der Waals surface area (Å²) in [6.45, 7) is 5.29. The number of aromatic nitrogens is 4. The first kappa shape index (κ1) is 21.9. The van der Waals surface area contributed by atoms with E-state index in [9.17, 15) is 9.67 Å². The Morgan fingerprint density at radius 3 is 2.62 bits per heavy atom. The van der Waals surface area contributed by atoms with Crippen molar-refractivity contribution in [2.75, 3.05) is 26.6 Å². The lowest BCUT2D eigenvalue weighted by molar-refractivity contribution is -0.0438. The van der Waals surface area contributed by atoms with E-state index in [2.05, 4.69) is 15.0 Å². The summed E-state index contributed by atoms with van der Waals surface area (Å²) in [4.78, 5) is 12.7. The Kier molecular flexibility index (Phi) is 6.13. The normalized spacial score (nSPS) is 23.0. The van der Waals surface area contributed by atoms with Crippen LogP contribution in [-0.2, 0) is 22.9 Å². The van der Waals surface area contributed by atoms with Gasteiger partial charge in [-0.3, -0.25) is 18.1 Å². The first-order valence-corrected chi connectivity index (χ1v) is 10.4. The molecule has 1 saturated heterocycles. The van der Waals surface area contributed by atoms with Gasteiger partial charge in [0.25, 0.3) is 0 Å². The van der Waals surface area contributed by atoms with Crippen molar-refractivity contribution < 1.29 is 32.7 Å². The van der Waals surface area contributed by atoms with E-state index in [1.54, 1.807) is 4.57 Å². The summed E-state index contributed by atoms with van der Waals surface area (Å²) in [6.07, 6.45) is -0.339. The molecule has 0 amide bonds. The average Bonchev–Trinajstić information content (AvgIpc) is 3.23. The van der Waals surface area contributed by atoms with Gasteiger partial charge in [0.15, 0.2) is 11.2 Å². The molecular weight excluding hydrogens is 405 g/mol. The topological polar surface area (TPSA) is 153 Å². The molecule has 162 valence electrons. The summed E-state index contributed by atoms with van der Waals surface area (Å²) in [5, 5.41) is 9.66. The van der Waals surface area contributed by atoms with E-state index < -0.39 is 31.9 Å². The molecule has 13 heteroatoms. The van der Waals surface area contributed by atoms with Crippen molar-refractivity contribution in [1.82, 2.24) is 19.5 Å². The molecule has 0 saturated carbocycles. The lowest BCUT2D eigenvalue weighted by Crippen LogP contribution is -2.27. The van der Waals surface area contributed by atoms with Crippen LogP contribution in [0, 0.1) is 0 Å². The Morgan fingerprint density at radius 1 is 1.34 bits per heavy atom. The monoisotopic (exact) mass is 431 g/mol. The molecule has 0 aliphatic carbocycles. The Morgan fingerprint density at radius 2 is 2.03 bits per heavy atom. The molecule has 2 aromatic heterocycles. The van der Waals surface area contributed by atoms with Gasteiger partial charge in [0.2, 0.25) is 11.8 Å². The molecule has 3 heterocycles. The standard InChI is InChI=1S/C16H26N5O7P/c1-16(2,3)27-14-12-13(19-15(17)20-14)21(8-18-12)11-6-9(10(7-22)26-11)28-29(23,24-4)25-5/h8-11,22H,6-7H2,1-5H3,(H2,17,19,20)/t9-,10+,11+/m0/s1. The number of nitrogens with zero attached hydrogens (tertiary/aromatic N) is 4. The molecule has 3 atom stereocenters. The highest BCUT2D eigenvalue weighted by Crippen LogP contribution is 2.51. The van der Waals surface area contributed by atoms with Crippen molar-refractivity contribution >= 4 is 24.9 Å². The number of nitrogen functional groups attached to an aromatic ring is 1. The van der Waals surface area contributed by atoms with Gasteiger partial charge in [0.1, 0.15) is 24.0 Å². The van der Waals surface area contributed by atoms with Crippen LogP contribution in [0.3, 0.4) is 0 Å². The number of phosphoric ester groups is 1. The van der Waals surface area contributed by atoms with Gasteiger partial charge < -0.3 is 20.3 Å². The van der Waals surface area contributed by atoms with Gasteiger partial charge in [-0.25, -0.2) is 9.55 Å². The van der Waals surface area contributed by atoms with Crippen LogP contribution < -0.4 is 10.5 Å². The van der Waals surface area contributed by atoms with Crippen LogP contribution in [0.1, 0.15) is 33.4 Å². The van der Waals surface area contributed by atoms with Crippen molar-refractivity contribution in [3.05, 3.63) is 6.33 Å². The second-order valence-electron chi connectivity index (χ2n) is 7.43. The first-order valence-electron chi connectivity index (χ1n) is 8.94. The van der Waals surface area contributed by atoms with Crippen LogP contribution in [0.15, 0.2) is 6.33 Å². The average molecular weight is 431 g/mol. The molecule has 3 rings (SSSR count). The number of imidazole rings is 1. The largest absolute Gasteiger partial charge is 0.474 e. The van der Waals surface area contributed by atoms with Crippen LogP contribution in [0.4, 0.5) is 5.95 Å². The van der Waals surface area contributed by atoms with Crippen molar-refractivity contribution in [2.24, 2.45) is 0 Å². The molecule has 1 aliphatic heterocycles. The van der Waals surface area contributed by atoms with Gasteiger partial charge >= 0.3 is 7.82 Å². The summed E-state index contributed by atoms with van der Waals surface area (Å²) in [6, 6.07) is 0. The summed E-state index contributed by atoms with van der Waals surface area (Å²) >= 11 is 0. The van der Waals surface area contributed by atoms with E-state index in [0.717, 1.165) is 0 Å². The SMILES string of the molecule is COP(=O)(OC)O[C@H]1C[C@H](n2cnc3c(OC(C)(C)C)nc(N)nc32)O[C@@H]1CO. The fraction of sp³-hybridized carbons (Fsp3) is 0.688. The molecule has 0 unspecified atom stereocenters. The maximum absolute atomic E-state index is 12.3. The van der Waals surface area contributed by atoms with Crippen LogP contribution >= 0.6 is 7.82 Å². The number of ether oxygens (including phenoxy) is 2. The lowest BCUT2D eigenvalue weighted by atomic mass is 10.2. The Bertz CT molecular complexity index is 907. The molecule has 1 fully saturated rings. The molecular formula is C16H26N5O7P. The smallest absolute Gasteiger partial charge is 0.470 e. The molecule has 0 bridgehead atoms. The predicted molar refractivity (Wildman–Crippen MR) is 102 cm³/mol. The van der Waals surface area contributed by atoms with E-state index in [1.807, 2.05) is 20.8 Å². The fourth-order valence-corrected chi connectivity index (χ4v) is 3.83. The zero-order valence-corrected chi connectivity index (χ0v) is 17.8. The number of nitrogens with two attached hydrogens (primary N) is 1. The maximum atomic E-state index is 12.3. The number of phosphoric acid groups is 1. The number of fused-ring (bicyclic) bond motifs is 1. The summed E-state index contributed by atoms with van der Waals surface area (Å²) in [5.41, 5.74) is 6.16. The number of hydrogen-bond acceptors (Lipinski definition) is 11. The highest BCUT2D eigenvalue weighted by molar-refractivity contribution is 7.48. The first-order chi connectivity index (χ1) is 13.6. The molecule has 2 aromatic rings. The van der Waals surface area contributed by atoms with Crippen molar-refractivity contribution in [3.63, 3.8) is 0 Å². The van der Waals surface area contributed by atoms with E-state index in [1.165, 1.54) is 20.5 Å². The van der Waals surface area contributed by atoms with E-state index >= 15 is 0 Å². The third-order valence-corrected chi connectivity index (χ3v) is 5.62. The molecule has 3 N–H and O–H groups in total. The van der Waals surface area contributed by atoms with Gasteiger partial charge in [0, 0.05) is 20.6 Å². The van der Waals surface area contributed by atoms with Crippen molar-refractivity contribution in [1.29, 1.82) is 0 Å². The minimum Gasteiger partial charge on any atom is -0.470 e. The number of rotatable bonds is 7. The maximum Gasteiger partial charge on any atom is 0.474 e. The Balaban J connectivity index is 1.92. The van der Waals surface area contributed by atoms with Gasteiger partial charge in [-0.15, -0.1) is 0 Å². The van der Waals surface area contributed by atoms with Crippen LogP contribution in [0.25, 0.3) is 11.2 Å².